The van der Waals surface area contributed by atoms with E-state index >= 15 is 0 Å². The van der Waals surface area contributed by atoms with Crippen LogP contribution in [0.3, 0.4) is 0 Å². The maximum absolute atomic E-state index is 13.0. The summed E-state index contributed by atoms with van der Waals surface area (Å²) in [6, 6.07) is 16.9. The van der Waals surface area contributed by atoms with Crippen LogP contribution in [-0.2, 0) is 11.3 Å². The van der Waals surface area contributed by atoms with Gasteiger partial charge < -0.3 is 9.88 Å². The zero-order valence-electron chi connectivity index (χ0n) is 15.0. The third kappa shape index (κ3) is 4.07. The molecular formula is C21H21N3O3. The number of nitrogens with one attached hydrogen (secondary N) is 2. The molecule has 0 radical (unpaired) electrons. The van der Waals surface area contributed by atoms with Crippen molar-refractivity contribution in [2.24, 2.45) is 0 Å². The van der Waals surface area contributed by atoms with E-state index in [0.29, 0.717) is 16.9 Å². The van der Waals surface area contributed by atoms with Gasteiger partial charge in [0.2, 0.25) is 0 Å². The van der Waals surface area contributed by atoms with E-state index < -0.39 is 5.91 Å². The van der Waals surface area contributed by atoms with Crippen molar-refractivity contribution >= 4 is 34.5 Å². The van der Waals surface area contributed by atoms with E-state index in [-0.39, 0.29) is 5.91 Å². The quantitative estimate of drug-likeness (QED) is 0.354. The molecule has 3 rings (SSSR count). The molecule has 0 saturated heterocycles. The Hall–Kier alpha value is -3.38. The van der Waals surface area contributed by atoms with Crippen LogP contribution in [0.5, 0.6) is 0 Å². The van der Waals surface area contributed by atoms with Gasteiger partial charge in [0.1, 0.15) is 5.69 Å². The molecule has 0 unspecified atom stereocenters. The number of hydrogen-bond donors (Lipinski definition) is 3. The lowest BCUT2D eigenvalue weighted by molar-refractivity contribution is -0.124. The molecule has 138 valence electrons. The lowest BCUT2D eigenvalue weighted by atomic mass is 10.1. The highest BCUT2D eigenvalue weighted by Crippen LogP contribution is 2.23. The van der Waals surface area contributed by atoms with Crippen LogP contribution in [0.2, 0.25) is 0 Å². The Kier molecular flexibility index (Phi) is 5.68. The standard InChI is InChI=1S/C21H21N3O3/c1-2-13-24-18-10-6-4-8-16(18)14-19(24)21(26)22-17-9-5-3-7-15(17)11-12-20(25)23-27/h3-12,14,27H,2,13H2,1H3,(H,22,26)(H,23,25). The van der Waals surface area contributed by atoms with E-state index in [0.717, 1.165) is 23.9 Å². The van der Waals surface area contributed by atoms with Gasteiger partial charge in [-0.05, 0) is 36.3 Å². The van der Waals surface area contributed by atoms with Gasteiger partial charge in [0.05, 0.1) is 0 Å². The Morgan fingerprint density at radius 2 is 1.85 bits per heavy atom. The van der Waals surface area contributed by atoms with Crippen molar-refractivity contribution in [1.82, 2.24) is 10.0 Å². The van der Waals surface area contributed by atoms with Crippen molar-refractivity contribution in [2.75, 3.05) is 5.32 Å². The summed E-state index contributed by atoms with van der Waals surface area (Å²) in [5.41, 5.74) is 4.40. The van der Waals surface area contributed by atoms with Crippen molar-refractivity contribution in [2.45, 2.75) is 19.9 Å². The number of carbonyl (C=O) groups excluding carboxylic acids is 2. The predicted molar refractivity (Wildman–Crippen MR) is 106 cm³/mol. The highest BCUT2D eigenvalue weighted by molar-refractivity contribution is 6.07. The Morgan fingerprint density at radius 1 is 1.11 bits per heavy atom. The fourth-order valence-corrected chi connectivity index (χ4v) is 3.01. The molecule has 0 saturated carbocycles. The maximum Gasteiger partial charge on any atom is 0.272 e. The van der Waals surface area contributed by atoms with Crippen molar-refractivity contribution in [3.05, 3.63) is 71.9 Å². The number of para-hydroxylation sites is 2. The van der Waals surface area contributed by atoms with Crippen LogP contribution in [0, 0.1) is 0 Å². The zero-order valence-corrected chi connectivity index (χ0v) is 15.0. The maximum atomic E-state index is 13.0. The second-order valence-corrected chi connectivity index (χ2v) is 6.09. The number of benzene rings is 2. The Balaban J connectivity index is 1.93. The van der Waals surface area contributed by atoms with Crippen molar-refractivity contribution < 1.29 is 14.8 Å². The van der Waals surface area contributed by atoms with Gasteiger partial charge >= 0.3 is 0 Å². The number of amides is 2. The highest BCUT2D eigenvalue weighted by atomic mass is 16.5. The monoisotopic (exact) mass is 363 g/mol. The van der Waals surface area contributed by atoms with Crippen LogP contribution in [0.25, 0.3) is 17.0 Å². The molecule has 6 heteroatoms. The van der Waals surface area contributed by atoms with Crippen LogP contribution in [0.1, 0.15) is 29.4 Å². The third-order valence-corrected chi connectivity index (χ3v) is 4.22. The number of anilines is 1. The van der Waals surface area contributed by atoms with Crippen LogP contribution in [-0.4, -0.2) is 21.6 Å². The molecule has 3 aromatic rings. The minimum absolute atomic E-state index is 0.216. The van der Waals surface area contributed by atoms with Gasteiger partial charge in [0.25, 0.3) is 11.8 Å². The molecule has 0 fully saturated rings. The van der Waals surface area contributed by atoms with Gasteiger partial charge in [-0.15, -0.1) is 0 Å². The van der Waals surface area contributed by atoms with E-state index in [9.17, 15) is 9.59 Å². The summed E-state index contributed by atoms with van der Waals surface area (Å²) in [4.78, 5) is 24.2. The second kappa shape index (κ2) is 8.33. The topological polar surface area (TPSA) is 83.4 Å². The van der Waals surface area contributed by atoms with Crippen molar-refractivity contribution in [1.29, 1.82) is 0 Å². The molecule has 1 heterocycles. The van der Waals surface area contributed by atoms with Gasteiger partial charge in [-0.1, -0.05) is 43.3 Å². The molecule has 0 spiro atoms. The summed E-state index contributed by atoms with van der Waals surface area (Å²) in [7, 11) is 0. The first-order valence-electron chi connectivity index (χ1n) is 8.75. The Bertz CT molecular complexity index is 1000. The molecule has 0 aliphatic carbocycles. The van der Waals surface area contributed by atoms with E-state index in [1.54, 1.807) is 29.7 Å². The number of fused-ring (bicyclic) bond motifs is 1. The van der Waals surface area contributed by atoms with E-state index in [1.165, 1.54) is 12.2 Å². The molecular weight excluding hydrogens is 342 g/mol. The van der Waals surface area contributed by atoms with Gasteiger partial charge in [0, 0.05) is 29.2 Å². The first-order valence-corrected chi connectivity index (χ1v) is 8.75. The smallest absolute Gasteiger partial charge is 0.272 e. The number of aryl methyl sites for hydroxylation is 1. The average Bonchev–Trinajstić information content (AvgIpc) is 3.06. The highest BCUT2D eigenvalue weighted by Gasteiger charge is 2.16. The fraction of sp³-hybridized carbons (Fsp3) is 0.143. The predicted octanol–water partition coefficient (Wildman–Crippen LogP) is 3.82. The van der Waals surface area contributed by atoms with Gasteiger partial charge in [0.15, 0.2) is 0 Å². The summed E-state index contributed by atoms with van der Waals surface area (Å²) in [6.07, 6.45) is 3.64. The number of hydroxylamine groups is 1. The van der Waals surface area contributed by atoms with Gasteiger partial charge in [-0.3, -0.25) is 14.8 Å². The number of carbonyl (C=O) groups is 2. The summed E-state index contributed by atoms with van der Waals surface area (Å²) in [5.74, 6) is -0.855. The fourth-order valence-electron chi connectivity index (χ4n) is 3.01. The van der Waals surface area contributed by atoms with Crippen LogP contribution in [0.15, 0.2) is 60.7 Å². The lowest BCUT2D eigenvalue weighted by Crippen LogP contribution is -2.18. The first kappa shape index (κ1) is 18.4. The third-order valence-electron chi connectivity index (χ3n) is 4.22. The van der Waals surface area contributed by atoms with Crippen LogP contribution < -0.4 is 10.8 Å². The molecule has 2 aromatic carbocycles. The summed E-state index contributed by atoms with van der Waals surface area (Å²) in [6.45, 7) is 2.82. The van der Waals surface area contributed by atoms with Gasteiger partial charge in [-0.2, -0.15) is 0 Å². The molecule has 1 aromatic heterocycles. The number of aromatic nitrogens is 1. The average molecular weight is 363 g/mol. The summed E-state index contributed by atoms with van der Waals surface area (Å²) < 4.78 is 2.02. The molecule has 2 amide bonds. The van der Waals surface area contributed by atoms with Crippen molar-refractivity contribution in [3.63, 3.8) is 0 Å². The van der Waals surface area contributed by atoms with Gasteiger partial charge in [-0.25, -0.2) is 5.48 Å². The van der Waals surface area contributed by atoms with E-state index in [2.05, 4.69) is 12.2 Å². The molecule has 0 aliphatic heterocycles. The normalized spacial score (nSPS) is 11.0. The second-order valence-electron chi connectivity index (χ2n) is 6.09. The lowest BCUT2D eigenvalue weighted by Gasteiger charge is -2.11. The van der Waals surface area contributed by atoms with Crippen molar-refractivity contribution in [3.8, 4) is 0 Å². The minimum atomic E-state index is -0.640. The molecule has 0 aliphatic rings. The first-order chi connectivity index (χ1) is 13.1. The largest absolute Gasteiger partial charge is 0.337 e. The number of rotatable bonds is 6. The molecule has 3 N–H and O–H groups in total. The van der Waals surface area contributed by atoms with Crippen LogP contribution in [0.4, 0.5) is 5.69 Å². The number of nitrogens with zero attached hydrogens (tertiary/aromatic N) is 1. The molecule has 0 atom stereocenters. The van der Waals surface area contributed by atoms with E-state index in [1.807, 2.05) is 34.9 Å². The molecule has 6 nitrogen and oxygen atoms in total. The SMILES string of the molecule is CCCn1c(C(=O)Nc2ccccc2C=CC(=O)NO)cc2ccccc21. The van der Waals surface area contributed by atoms with E-state index in [4.69, 9.17) is 5.21 Å². The Morgan fingerprint density at radius 3 is 2.63 bits per heavy atom. The zero-order chi connectivity index (χ0) is 19.2. The molecule has 27 heavy (non-hydrogen) atoms. The summed E-state index contributed by atoms with van der Waals surface area (Å²) in [5, 5.41) is 12.5. The minimum Gasteiger partial charge on any atom is -0.337 e. The summed E-state index contributed by atoms with van der Waals surface area (Å²) >= 11 is 0. The van der Waals surface area contributed by atoms with Crippen LogP contribution >= 0.6 is 0 Å². The molecule has 0 bridgehead atoms. The Labute approximate surface area is 157 Å². The number of hydrogen-bond acceptors (Lipinski definition) is 3.